The first-order chi connectivity index (χ1) is 14.5. The summed E-state index contributed by atoms with van der Waals surface area (Å²) in [5.41, 5.74) is 2.06. The zero-order valence-corrected chi connectivity index (χ0v) is 18.7. The smallest absolute Gasteiger partial charge is 0.243 e. The summed E-state index contributed by atoms with van der Waals surface area (Å²) in [6.45, 7) is 2.42. The molecule has 0 saturated carbocycles. The van der Waals surface area contributed by atoms with Crippen LogP contribution >= 0.6 is 0 Å². The number of ether oxygens (including phenoxy) is 1. The Kier molecular flexibility index (Phi) is 7.33. The lowest BCUT2D eigenvalue weighted by molar-refractivity contribution is 0.396. The second-order valence-corrected chi connectivity index (χ2v) is 9.26. The minimum Gasteiger partial charge on any atom is -0.496 e. The van der Waals surface area contributed by atoms with Crippen LogP contribution in [0.3, 0.4) is 0 Å². The molecule has 0 bridgehead atoms. The summed E-state index contributed by atoms with van der Waals surface area (Å²) in [7, 11) is 2.00. The zero-order chi connectivity index (χ0) is 21.6. The van der Waals surface area contributed by atoms with E-state index in [0.717, 1.165) is 35.7 Å². The van der Waals surface area contributed by atoms with Crippen molar-refractivity contribution in [1.29, 1.82) is 0 Å². The number of nitrogens with zero attached hydrogens (tertiary/aromatic N) is 3. The van der Waals surface area contributed by atoms with E-state index in [1.54, 1.807) is 30.6 Å². The summed E-state index contributed by atoms with van der Waals surface area (Å²) >= 11 is 0. The van der Waals surface area contributed by atoms with Crippen LogP contribution in [-0.2, 0) is 23.1 Å². The third-order valence-corrected chi connectivity index (χ3v) is 7.16. The zero-order valence-electron chi connectivity index (χ0n) is 17.8. The summed E-state index contributed by atoms with van der Waals surface area (Å²) in [5.74, 6) is 1.59. The first-order valence-corrected chi connectivity index (χ1v) is 11.5. The number of para-hydroxylation sites is 1. The van der Waals surface area contributed by atoms with Crippen LogP contribution in [0.2, 0.25) is 0 Å². The fourth-order valence-electron chi connectivity index (χ4n) is 3.59. The molecule has 0 atom stereocenters. The van der Waals surface area contributed by atoms with Gasteiger partial charge in [0.1, 0.15) is 5.75 Å². The van der Waals surface area contributed by atoms with Gasteiger partial charge in [0.15, 0.2) is 5.96 Å². The first-order valence-electron chi connectivity index (χ1n) is 10.1. The van der Waals surface area contributed by atoms with Crippen LogP contribution in [0.4, 0.5) is 0 Å². The van der Waals surface area contributed by atoms with E-state index in [1.165, 1.54) is 0 Å². The topological polar surface area (TPSA) is 74.2 Å². The van der Waals surface area contributed by atoms with Crippen molar-refractivity contribution < 1.29 is 13.2 Å². The van der Waals surface area contributed by atoms with Crippen molar-refractivity contribution in [2.45, 2.75) is 30.8 Å². The predicted molar refractivity (Wildman–Crippen MR) is 119 cm³/mol. The van der Waals surface area contributed by atoms with E-state index in [0.29, 0.717) is 31.1 Å². The molecular weight excluding hydrogens is 400 g/mol. The van der Waals surface area contributed by atoms with Crippen molar-refractivity contribution in [2.24, 2.45) is 4.99 Å². The van der Waals surface area contributed by atoms with Crippen LogP contribution in [0.25, 0.3) is 0 Å². The second kappa shape index (κ2) is 9.95. The SMILES string of the molecule is CN=C(NCc1ccc(S(=O)(=O)N2CCCC2)cc1)N(C)Cc1ccccc1OC. The highest BCUT2D eigenvalue weighted by Crippen LogP contribution is 2.21. The molecule has 8 heteroatoms. The molecule has 0 unspecified atom stereocenters. The fraction of sp³-hybridized carbons (Fsp3) is 0.409. The van der Waals surface area contributed by atoms with Gasteiger partial charge in [-0.1, -0.05) is 30.3 Å². The Labute approximate surface area is 179 Å². The summed E-state index contributed by atoms with van der Waals surface area (Å²) < 4.78 is 32.3. The van der Waals surface area contributed by atoms with Gasteiger partial charge in [0.2, 0.25) is 10.0 Å². The number of hydrogen-bond acceptors (Lipinski definition) is 4. The average molecular weight is 431 g/mol. The van der Waals surface area contributed by atoms with Gasteiger partial charge in [0, 0.05) is 45.8 Å². The molecule has 0 aliphatic carbocycles. The number of aliphatic imine (C=N–C) groups is 1. The number of hydrogen-bond donors (Lipinski definition) is 1. The highest BCUT2D eigenvalue weighted by molar-refractivity contribution is 7.89. The molecule has 0 amide bonds. The molecule has 2 aromatic rings. The molecule has 1 aliphatic rings. The number of benzene rings is 2. The van der Waals surface area contributed by atoms with Crippen molar-refractivity contribution in [1.82, 2.24) is 14.5 Å². The van der Waals surface area contributed by atoms with Gasteiger partial charge in [-0.25, -0.2) is 8.42 Å². The van der Waals surface area contributed by atoms with Gasteiger partial charge < -0.3 is 15.0 Å². The maximum Gasteiger partial charge on any atom is 0.243 e. The van der Waals surface area contributed by atoms with E-state index in [2.05, 4.69) is 10.3 Å². The minimum absolute atomic E-state index is 0.353. The molecule has 30 heavy (non-hydrogen) atoms. The standard InChI is InChI=1S/C22H30N4O3S/c1-23-22(25(2)17-19-8-4-5-9-21(19)29-3)24-16-18-10-12-20(13-11-18)30(27,28)26-14-6-7-15-26/h4-5,8-13H,6-7,14-17H2,1-3H3,(H,23,24). The van der Waals surface area contributed by atoms with Crippen LogP contribution in [0.5, 0.6) is 5.75 Å². The molecule has 162 valence electrons. The molecule has 7 nitrogen and oxygen atoms in total. The molecule has 1 N–H and O–H groups in total. The van der Waals surface area contributed by atoms with Crippen molar-refractivity contribution in [3.8, 4) is 5.75 Å². The van der Waals surface area contributed by atoms with Crippen molar-refractivity contribution in [2.75, 3.05) is 34.3 Å². The van der Waals surface area contributed by atoms with E-state index < -0.39 is 10.0 Å². The van der Waals surface area contributed by atoms with E-state index in [1.807, 2.05) is 48.3 Å². The number of rotatable bonds is 7. The largest absolute Gasteiger partial charge is 0.496 e. The molecule has 1 aliphatic heterocycles. The Hall–Kier alpha value is -2.58. The lowest BCUT2D eigenvalue weighted by atomic mass is 10.2. The lowest BCUT2D eigenvalue weighted by Gasteiger charge is -2.23. The molecule has 3 rings (SSSR count). The Bertz CT molecular complexity index is 968. The summed E-state index contributed by atoms with van der Waals surface area (Å²) in [5, 5.41) is 3.33. The molecule has 2 aromatic carbocycles. The normalized spacial score (nSPS) is 15.2. The Morgan fingerprint density at radius 3 is 2.43 bits per heavy atom. The highest BCUT2D eigenvalue weighted by Gasteiger charge is 2.26. The predicted octanol–water partition coefficient (Wildman–Crippen LogP) is 2.69. The van der Waals surface area contributed by atoms with Crippen LogP contribution in [0, 0.1) is 0 Å². The van der Waals surface area contributed by atoms with Crippen molar-refractivity contribution >= 4 is 16.0 Å². The third-order valence-electron chi connectivity index (χ3n) is 5.25. The van der Waals surface area contributed by atoms with Gasteiger partial charge in [-0.15, -0.1) is 0 Å². The lowest BCUT2D eigenvalue weighted by Crippen LogP contribution is -2.38. The molecule has 1 heterocycles. The maximum atomic E-state index is 12.6. The van der Waals surface area contributed by atoms with Gasteiger partial charge in [-0.05, 0) is 36.6 Å². The van der Waals surface area contributed by atoms with Gasteiger partial charge in [0.05, 0.1) is 12.0 Å². The third kappa shape index (κ3) is 5.12. The van der Waals surface area contributed by atoms with Crippen LogP contribution < -0.4 is 10.1 Å². The van der Waals surface area contributed by atoms with Gasteiger partial charge in [0.25, 0.3) is 0 Å². The highest BCUT2D eigenvalue weighted by atomic mass is 32.2. The first kappa shape index (κ1) is 22.1. The van der Waals surface area contributed by atoms with Crippen LogP contribution in [-0.4, -0.2) is 57.9 Å². The molecule has 1 saturated heterocycles. The van der Waals surface area contributed by atoms with Gasteiger partial charge in [-0.3, -0.25) is 4.99 Å². The molecule has 0 aromatic heterocycles. The number of guanidine groups is 1. The molecular formula is C22H30N4O3S. The van der Waals surface area contributed by atoms with Crippen LogP contribution in [0.1, 0.15) is 24.0 Å². The van der Waals surface area contributed by atoms with Crippen molar-refractivity contribution in [3.63, 3.8) is 0 Å². The fourth-order valence-corrected chi connectivity index (χ4v) is 5.10. The number of nitrogens with one attached hydrogen (secondary N) is 1. The summed E-state index contributed by atoms with van der Waals surface area (Å²) in [6.07, 6.45) is 1.87. The van der Waals surface area contributed by atoms with E-state index in [9.17, 15) is 8.42 Å². The summed E-state index contributed by atoms with van der Waals surface area (Å²) in [4.78, 5) is 6.72. The summed E-state index contributed by atoms with van der Waals surface area (Å²) in [6, 6.07) is 15.0. The van der Waals surface area contributed by atoms with Crippen molar-refractivity contribution in [3.05, 3.63) is 59.7 Å². The number of methoxy groups -OCH3 is 1. The minimum atomic E-state index is -3.38. The molecule has 0 radical (unpaired) electrons. The van der Waals surface area contributed by atoms with E-state index in [4.69, 9.17) is 4.74 Å². The van der Waals surface area contributed by atoms with Gasteiger partial charge in [-0.2, -0.15) is 4.31 Å². The Morgan fingerprint density at radius 2 is 1.80 bits per heavy atom. The number of sulfonamides is 1. The molecule has 0 spiro atoms. The Morgan fingerprint density at radius 1 is 1.13 bits per heavy atom. The van der Waals surface area contributed by atoms with Gasteiger partial charge >= 0.3 is 0 Å². The van der Waals surface area contributed by atoms with Crippen LogP contribution in [0.15, 0.2) is 58.4 Å². The molecule has 1 fully saturated rings. The second-order valence-electron chi connectivity index (χ2n) is 7.32. The Balaban J connectivity index is 1.61. The average Bonchev–Trinajstić information content (AvgIpc) is 3.31. The van der Waals surface area contributed by atoms with E-state index >= 15 is 0 Å². The quantitative estimate of drug-likeness (QED) is 0.540. The van der Waals surface area contributed by atoms with E-state index in [-0.39, 0.29) is 0 Å². The monoisotopic (exact) mass is 430 g/mol. The maximum absolute atomic E-state index is 12.6.